The highest BCUT2D eigenvalue weighted by atomic mass is 35.5. The van der Waals surface area contributed by atoms with Gasteiger partial charge >= 0.3 is 0 Å². The monoisotopic (exact) mass is 309 g/mol. The van der Waals surface area contributed by atoms with Crippen molar-refractivity contribution in [2.75, 3.05) is 46.4 Å². The van der Waals surface area contributed by atoms with Crippen molar-refractivity contribution in [3.05, 3.63) is 28.8 Å². The van der Waals surface area contributed by atoms with Crippen LogP contribution in [0.4, 0.5) is 0 Å². The van der Waals surface area contributed by atoms with E-state index in [0.29, 0.717) is 5.02 Å². The molecule has 2 fully saturated rings. The van der Waals surface area contributed by atoms with E-state index < -0.39 is 0 Å². The number of rotatable bonds is 4. The normalized spacial score (nSPS) is 24.4. The minimum Gasteiger partial charge on any atom is -0.495 e. The average Bonchev–Trinajstić information content (AvgIpc) is 3.02. The van der Waals surface area contributed by atoms with E-state index in [1.807, 2.05) is 12.1 Å². The molecule has 1 N–H and O–H groups in total. The highest BCUT2D eigenvalue weighted by Crippen LogP contribution is 2.25. The van der Waals surface area contributed by atoms with Crippen molar-refractivity contribution in [2.45, 2.75) is 19.0 Å². The zero-order valence-corrected chi connectivity index (χ0v) is 13.4. The molecule has 21 heavy (non-hydrogen) atoms. The lowest BCUT2D eigenvalue weighted by Crippen LogP contribution is -2.50. The lowest BCUT2D eigenvalue weighted by atomic mass is 10.1. The average molecular weight is 310 g/mol. The predicted octanol–water partition coefficient (Wildman–Crippen LogP) is 1.83. The fraction of sp³-hybridized carbons (Fsp3) is 0.625. The quantitative estimate of drug-likeness (QED) is 0.918. The maximum Gasteiger partial charge on any atom is 0.137 e. The first-order valence-electron chi connectivity index (χ1n) is 7.76. The van der Waals surface area contributed by atoms with E-state index in [4.69, 9.17) is 16.3 Å². The molecule has 2 heterocycles. The van der Waals surface area contributed by atoms with Crippen LogP contribution < -0.4 is 10.1 Å². The molecular formula is C16H24ClN3O. The van der Waals surface area contributed by atoms with Crippen LogP contribution in [0.5, 0.6) is 5.75 Å². The third-order valence-corrected chi connectivity index (χ3v) is 4.88. The molecule has 5 heteroatoms. The lowest BCUT2D eigenvalue weighted by Gasteiger charge is -2.37. The van der Waals surface area contributed by atoms with Crippen LogP contribution in [-0.2, 0) is 6.54 Å². The van der Waals surface area contributed by atoms with Crippen LogP contribution in [0.1, 0.15) is 12.0 Å². The Kier molecular flexibility index (Phi) is 5.01. The lowest BCUT2D eigenvalue weighted by molar-refractivity contribution is 0.0981. The Bertz CT molecular complexity index is 469. The summed E-state index contributed by atoms with van der Waals surface area (Å²) in [7, 11) is 1.65. The Balaban J connectivity index is 1.51. The van der Waals surface area contributed by atoms with E-state index >= 15 is 0 Å². The molecule has 2 saturated heterocycles. The van der Waals surface area contributed by atoms with Gasteiger partial charge in [-0.1, -0.05) is 17.7 Å². The molecule has 0 spiro atoms. The van der Waals surface area contributed by atoms with E-state index in [9.17, 15) is 0 Å². The van der Waals surface area contributed by atoms with Gasteiger partial charge in [-0.05, 0) is 30.7 Å². The van der Waals surface area contributed by atoms with Gasteiger partial charge in [-0.25, -0.2) is 0 Å². The number of nitrogens with zero attached hydrogens (tertiary/aromatic N) is 2. The molecule has 116 valence electrons. The molecule has 0 bridgehead atoms. The molecule has 0 radical (unpaired) electrons. The highest BCUT2D eigenvalue weighted by Gasteiger charge is 2.25. The molecule has 0 saturated carbocycles. The topological polar surface area (TPSA) is 27.7 Å². The van der Waals surface area contributed by atoms with Crippen LogP contribution in [0.15, 0.2) is 18.2 Å². The van der Waals surface area contributed by atoms with Gasteiger partial charge < -0.3 is 10.1 Å². The minimum atomic E-state index is 0.700. The summed E-state index contributed by atoms with van der Waals surface area (Å²) < 4.78 is 5.20. The van der Waals surface area contributed by atoms with E-state index in [-0.39, 0.29) is 0 Å². The van der Waals surface area contributed by atoms with Crippen LogP contribution in [0.25, 0.3) is 0 Å². The highest BCUT2D eigenvalue weighted by molar-refractivity contribution is 6.32. The molecule has 1 aromatic carbocycles. The Morgan fingerprint density at radius 1 is 1.29 bits per heavy atom. The molecule has 1 atom stereocenters. The van der Waals surface area contributed by atoms with Gasteiger partial charge in [0.2, 0.25) is 0 Å². The third-order valence-electron chi connectivity index (χ3n) is 4.58. The number of piperazine rings is 1. The van der Waals surface area contributed by atoms with Crippen LogP contribution >= 0.6 is 11.6 Å². The Morgan fingerprint density at radius 2 is 2.10 bits per heavy atom. The molecule has 0 aromatic heterocycles. The Morgan fingerprint density at radius 3 is 2.71 bits per heavy atom. The largest absolute Gasteiger partial charge is 0.495 e. The Labute approximate surface area is 132 Å². The second kappa shape index (κ2) is 6.97. The number of hydrogen-bond donors (Lipinski definition) is 1. The van der Waals surface area contributed by atoms with E-state index in [1.165, 1.54) is 31.6 Å². The summed E-state index contributed by atoms with van der Waals surface area (Å²) in [6, 6.07) is 6.84. The SMILES string of the molecule is COc1ccc(CN2CCN(C3CCNC3)CC2)cc1Cl. The molecule has 2 aliphatic heterocycles. The van der Waals surface area contributed by atoms with Crippen LogP contribution in [0.3, 0.4) is 0 Å². The fourth-order valence-corrected chi connectivity index (χ4v) is 3.58. The zero-order chi connectivity index (χ0) is 14.7. The maximum atomic E-state index is 6.20. The van der Waals surface area contributed by atoms with Gasteiger partial charge in [-0.15, -0.1) is 0 Å². The Hall–Kier alpha value is -0.810. The summed E-state index contributed by atoms with van der Waals surface area (Å²) in [6.45, 7) is 7.94. The van der Waals surface area contributed by atoms with E-state index in [1.54, 1.807) is 7.11 Å². The summed E-state index contributed by atoms with van der Waals surface area (Å²) in [5, 5.41) is 4.16. The molecule has 4 nitrogen and oxygen atoms in total. The summed E-state index contributed by atoms with van der Waals surface area (Å²) >= 11 is 6.20. The number of halogens is 1. The zero-order valence-electron chi connectivity index (χ0n) is 12.6. The maximum absolute atomic E-state index is 6.20. The first-order chi connectivity index (χ1) is 10.3. The minimum absolute atomic E-state index is 0.700. The van der Waals surface area contributed by atoms with Crippen molar-refractivity contribution in [1.29, 1.82) is 0 Å². The molecule has 1 unspecified atom stereocenters. The van der Waals surface area contributed by atoms with Crippen molar-refractivity contribution in [2.24, 2.45) is 0 Å². The molecular weight excluding hydrogens is 286 g/mol. The van der Waals surface area contributed by atoms with Gasteiger partial charge in [-0.2, -0.15) is 0 Å². The van der Waals surface area contributed by atoms with Crippen LogP contribution in [-0.4, -0.2) is 62.2 Å². The first-order valence-corrected chi connectivity index (χ1v) is 8.13. The van der Waals surface area contributed by atoms with Gasteiger partial charge in [0.15, 0.2) is 0 Å². The number of benzene rings is 1. The molecule has 1 aromatic rings. The number of methoxy groups -OCH3 is 1. The molecule has 2 aliphatic rings. The van der Waals surface area contributed by atoms with Crippen molar-refractivity contribution < 1.29 is 4.74 Å². The standard InChI is InChI=1S/C16H24ClN3O/c1-21-16-3-2-13(10-15(16)17)12-19-6-8-20(9-7-19)14-4-5-18-11-14/h2-3,10,14,18H,4-9,11-12H2,1H3. The van der Waals surface area contributed by atoms with Gasteiger partial charge in [-0.3, -0.25) is 9.80 Å². The van der Waals surface area contributed by atoms with Gasteiger partial charge in [0, 0.05) is 45.3 Å². The van der Waals surface area contributed by atoms with Crippen molar-refractivity contribution in [3.63, 3.8) is 0 Å². The van der Waals surface area contributed by atoms with E-state index in [0.717, 1.165) is 38.0 Å². The van der Waals surface area contributed by atoms with Crippen molar-refractivity contribution in [3.8, 4) is 5.75 Å². The van der Waals surface area contributed by atoms with Crippen LogP contribution in [0.2, 0.25) is 5.02 Å². The second-order valence-electron chi connectivity index (χ2n) is 5.93. The third kappa shape index (κ3) is 3.69. The molecule has 0 aliphatic carbocycles. The number of hydrogen-bond acceptors (Lipinski definition) is 4. The van der Waals surface area contributed by atoms with Gasteiger partial charge in [0.05, 0.1) is 12.1 Å². The van der Waals surface area contributed by atoms with E-state index in [2.05, 4.69) is 21.2 Å². The summed E-state index contributed by atoms with van der Waals surface area (Å²) in [5.41, 5.74) is 1.26. The predicted molar refractivity (Wildman–Crippen MR) is 86.1 cm³/mol. The summed E-state index contributed by atoms with van der Waals surface area (Å²) in [4.78, 5) is 5.15. The summed E-state index contributed by atoms with van der Waals surface area (Å²) in [6.07, 6.45) is 1.30. The molecule has 0 amide bonds. The second-order valence-corrected chi connectivity index (χ2v) is 6.33. The summed E-state index contributed by atoms with van der Waals surface area (Å²) in [5.74, 6) is 0.749. The smallest absolute Gasteiger partial charge is 0.137 e. The number of ether oxygens (including phenoxy) is 1. The fourth-order valence-electron chi connectivity index (χ4n) is 3.30. The first kappa shape index (κ1) is 15.1. The van der Waals surface area contributed by atoms with Gasteiger partial charge in [0.1, 0.15) is 5.75 Å². The van der Waals surface area contributed by atoms with Crippen molar-refractivity contribution in [1.82, 2.24) is 15.1 Å². The van der Waals surface area contributed by atoms with Crippen molar-refractivity contribution >= 4 is 11.6 Å². The van der Waals surface area contributed by atoms with Crippen LogP contribution in [0, 0.1) is 0 Å². The van der Waals surface area contributed by atoms with Gasteiger partial charge in [0.25, 0.3) is 0 Å². The molecule has 3 rings (SSSR count). The number of nitrogens with one attached hydrogen (secondary N) is 1.